The maximum Gasteiger partial charge on any atom is 0.254 e. The zero-order valence-corrected chi connectivity index (χ0v) is 15.0. The average molecular weight is 393 g/mol. The van der Waals surface area contributed by atoms with Gasteiger partial charge in [0, 0.05) is 22.6 Å². The predicted molar refractivity (Wildman–Crippen MR) is 95.2 cm³/mol. The van der Waals surface area contributed by atoms with Gasteiger partial charge >= 0.3 is 0 Å². The maximum absolute atomic E-state index is 13.7. The number of carbonyl (C=O) groups is 2. The molecule has 2 rings (SSSR count). The largest absolute Gasteiger partial charge is 0.348 e. The first-order valence-corrected chi connectivity index (χ1v) is 8.29. The molecule has 0 saturated heterocycles. The molecular weight excluding hydrogens is 375 g/mol. The molecule has 0 unspecified atom stereocenters. The molecule has 0 spiro atoms. The molecule has 2 N–H and O–H groups in total. The Bertz CT molecular complexity index is 745. The van der Waals surface area contributed by atoms with Gasteiger partial charge in [-0.25, -0.2) is 4.39 Å². The van der Waals surface area contributed by atoms with Gasteiger partial charge in [-0.3, -0.25) is 9.59 Å². The van der Waals surface area contributed by atoms with Gasteiger partial charge in [0.25, 0.3) is 5.91 Å². The van der Waals surface area contributed by atoms with E-state index >= 15 is 0 Å². The van der Waals surface area contributed by atoms with Crippen LogP contribution in [0.1, 0.15) is 29.8 Å². The van der Waals surface area contributed by atoms with Crippen molar-refractivity contribution in [1.29, 1.82) is 0 Å². The highest BCUT2D eigenvalue weighted by molar-refractivity contribution is 9.10. The van der Waals surface area contributed by atoms with Crippen LogP contribution in [0.3, 0.4) is 0 Å². The van der Waals surface area contributed by atoms with E-state index in [0.717, 1.165) is 5.56 Å². The summed E-state index contributed by atoms with van der Waals surface area (Å²) in [6.45, 7) is 3.91. The molecule has 0 heterocycles. The number of hydrogen-bond donors (Lipinski definition) is 2. The standard InChI is InChI=1S/C18H18BrFN2O2/c1-11(2)17(23)22-14-6-3-12(4-7-14)10-21-18(24)15-9-13(19)5-8-16(15)20/h3-9,11H,10H2,1-2H3,(H,21,24)(H,22,23). The number of nitrogens with one attached hydrogen (secondary N) is 2. The van der Waals surface area contributed by atoms with Crippen LogP contribution in [0.15, 0.2) is 46.9 Å². The fourth-order valence-corrected chi connectivity index (χ4v) is 2.30. The lowest BCUT2D eigenvalue weighted by atomic mass is 10.1. The number of amides is 2. The van der Waals surface area contributed by atoms with Crippen molar-refractivity contribution in [3.8, 4) is 0 Å². The third-order valence-electron chi connectivity index (χ3n) is 3.37. The van der Waals surface area contributed by atoms with Crippen LogP contribution in [0.5, 0.6) is 0 Å². The zero-order chi connectivity index (χ0) is 17.7. The minimum Gasteiger partial charge on any atom is -0.348 e. The van der Waals surface area contributed by atoms with Gasteiger partial charge in [-0.1, -0.05) is 41.9 Å². The van der Waals surface area contributed by atoms with Crippen molar-refractivity contribution in [1.82, 2.24) is 5.32 Å². The summed E-state index contributed by atoms with van der Waals surface area (Å²) in [5.41, 5.74) is 1.54. The summed E-state index contributed by atoms with van der Waals surface area (Å²) in [7, 11) is 0. The smallest absolute Gasteiger partial charge is 0.254 e. The average Bonchev–Trinajstić information content (AvgIpc) is 2.56. The first-order chi connectivity index (χ1) is 11.4. The first kappa shape index (κ1) is 18.1. The van der Waals surface area contributed by atoms with E-state index < -0.39 is 11.7 Å². The number of hydrogen-bond acceptors (Lipinski definition) is 2. The molecule has 0 aliphatic rings. The SMILES string of the molecule is CC(C)C(=O)Nc1ccc(CNC(=O)c2cc(Br)ccc2F)cc1. The van der Waals surface area contributed by atoms with Gasteiger partial charge in [-0.15, -0.1) is 0 Å². The van der Waals surface area contributed by atoms with Gasteiger partial charge in [-0.2, -0.15) is 0 Å². The molecule has 0 aliphatic heterocycles. The van der Waals surface area contributed by atoms with E-state index in [0.29, 0.717) is 10.2 Å². The highest BCUT2D eigenvalue weighted by Crippen LogP contribution is 2.16. The summed E-state index contributed by atoms with van der Waals surface area (Å²) in [4.78, 5) is 23.7. The van der Waals surface area contributed by atoms with Gasteiger partial charge < -0.3 is 10.6 Å². The number of anilines is 1. The molecule has 0 aromatic heterocycles. The Morgan fingerprint density at radius 2 is 1.79 bits per heavy atom. The number of halogens is 2. The van der Waals surface area contributed by atoms with Crippen molar-refractivity contribution in [3.05, 3.63) is 63.9 Å². The number of rotatable bonds is 5. The molecule has 4 nitrogen and oxygen atoms in total. The molecule has 6 heteroatoms. The summed E-state index contributed by atoms with van der Waals surface area (Å²) < 4.78 is 14.3. The second-order valence-electron chi connectivity index (χ2n) is 5.65. The van der Waals surface area contributed by atoms with Crippen molar-refractivity contribution >= 4 is 33.4 Å². The summed E-state index contributed by atoms with van der Waals surface area (Å²) in [6, 6.07) is 11.3. The van der Waals surface area contributed by atoms with Crippen LogP contribution < -0.4 is 10.6 Å². The highest BCUT2D eigenvalue weighted by atomic mass is 79.9. The molecule has 0 fully saturated rings. The molecule has 0 saturated carbocycles. The van der Waals surface area contributed by atoms with Crippen LogP contribution in [0.4, 0.5) is 10.1 Å². The summed E-state index contributed by atoms with van der Waals surface area (Å²) in [5.74, 6) is -1.20. The minimum absolute atomic E-state index is 0.00908. The van der Waals surface area contributed by atoms with Crippen molar-refractivity contribution in [2.75, 3.05) is 5.32 Å². The van der Waals surface area contributed by atoms with Crippen molar-refractivity contribution in [2.24, 2.45) is 5.92 Å². The number of carbonyl (C=O) groups excluding carboxylic acids is 2. The highest BCUT2D eigenvalue weighted by Gasteiger charge is 2.12. The van der Waals surface area contributed by atoms with Crippen LogP contribution in [-0.2, 0) is 11.3 Å². The Hall–Kier alpha value is -2.21. The van der Waals surface area contributed by atoms with Gasteiger partial charge in [0.15, 0.2) is 0 Å². The fourth-order valence-electron chi connectivity index (χ4n) is 1.94. The Labute approximate surface area is 148 Å². The second kappa shape index (κ2) is 8.06. The molecule has 2 amide bonds. The first-order valence-electron chi connectivity index (χ1n) is 7.50. The summed E-state index contributed by atoms with van der Waals surface area (Å²) in [6.07, 6.45) is 0. The van der Waals surface area contributed by atoms with Crippen molar-refractivity contribution in [2.45, 2.75) is 20.4 Å². The van der Waals surface area contributed by atoms with Crippen LogP contribution >= 0.6 is 15.9 Å². The topological polar surface area (TPSA) is 58.2 Å². The monoisotopic (exact) mass is 392 g/mol. The van der Waals surface area contributed by atoms with E-state index in [1.54, 1.807) is 24.3 Å². The lowest BCUT2D eigenvalue weighted by Crippen LogP contribution is -2.24. The predicted octanol–water partition coefficient (Wildman–Crippen LogP) is 4.11. The molecular formula is C18H18BrFN2O2. The van der Waals surface area contributed by atoms with Crippen molar-refractivity contribution < 1.29 is 14.0 Å². The lowest BCUT2D eigenvalue weighted by Gasteiger charge is -2.09. The Balaban J connectivity index is 1.96. The maximum atomic E-state index is 13.7. The van der Waals surface area contributed by atoms with Gasteiger partial charge in [0.2, 0.25) is 5.91 Å². The third-order valence-corrected chi connectivity index (χ3v) is 3.87. The van der Waals surface area contributed by atoms with Crippen LogP contribution in [0.2, 0.25) is 0 Å². The molecule has 126 valence electrons. The Kier molecular flexibility index (Phi) is 6.09. The normalized spacial score (nSPS) is 10.5. The van der Waals surface area contributed by atoms with Gasteiger partial charge in [0.1, 0.15) is 5.82 Å². The van der Waals surface area contributed by atoms with Crippen LogP contribution in [0, 0.1) is 11.7 Å². The molecule has 0 atom stereocenters. The minimum atomic E-state index is -0.567. The third kappa shape index (κ3) is 4.89. The number of benzene rings is 2. The van der Waals surface area contributed by atoms with Gasteiger partial charge in [-0.05, 0) is 35.9 Å². The Morgan fingerprint density at radius 3 is 2.42 bits per heavy atom. The summed E-state index contributed by atoms with van der Waals surface area (Å²) in [5, 5.41) is 5.47. The molecule has 0 bridgehead atoms. The molecule has 0 aliphatic carbocycles. The molecule has 2 aromatic carbocycles. The van der Waals surface area contributed by atoms with E-state index in [9.17, 15) is 14.0 Å². The van der Waals surface area contributed by atoms with E-state index in [2.05, 4.69) is 26.6 Å². The molecule has 2 aromatic rings. The Morgan fingerprint density at radius 1 is 1.12 bits per heavy atom. The van der Waals surface area contributed by atoms with E-state index in [-0.39, 0.29) is 23.9 Å². The summed E-state index contributed by atoms with van der Waals surface area (Å²) >= 11 is 3.22. The van der Waals surface area contributed by atoms with E-state index in [1.807, 2.05) is 13.8 Å². The lowest BCUT2D eigenvalue weighted by molar-refractivity contribution is -0.118. The van der Waals surface area contributed by atoms with Crippen molar-refractivity contribution in [3.63, 3.8) is 0 Å². The molecule has 0 radical (unpaired) electrons. The van der Waals surface area contributed by atoms with Crippen LogP contribution in [-0.4, -0.2) is 11.8 Å². The fraction of sp³-hybridized carbons (Fsp3) is 0.222. The van der Waals surface area contributed by atoms with Crippen LogP contribution in [0.25, 0.3) is 0 Å². The van der Waals surface area contributed by atoms with E-state index in [1.165, 1.54) is 18.2 Å². The second-order valence-corrected chi connectivity index (χ2v) is 6.56. The molecule has 24 heavy (non-hydrogen) atoms. The quantitative estimate of drug-likeness (QED) is 0.803. The zero-order valence-electron chi connectivity index (χ0n) is 13.4. The van der Waals surface area contributed by atoms with Gasteiger partial charge in [0.05, 0.1) is 5.56 Å². The van der Waals surface area contributed by atoms with E-state index in [4.69, 9.17) is 0 Å².